The van der Waals surface area contributed by atoms with Crippen molar-refractivity contribution in [2.24, 2.45) is 0 Å². The van der Waals surface area contributed by atoms with Crippen LogP contribution >= 0.6 is 0 Å². The minimum Gasteiger partial charge on any atom is -0.389 e. The Morgan fingerprint density at radius 1 is 1.12 bits per heavy atom. The molecule has 4 heterocycles. The first-order chi connectivity index (χ1) is 15.7. The fraction of sp³-hybridized carbons (Fsp3) is 0.320. The van der Waals surface area contributed by atoms with Gasteiger partial charge in [0.15, 0.2) is 0 Å². The van der Waals surface area contributed by atoms with E-state index in [0.29, 0.717) is 23.9 Å². The summed E-state index contributed by atoms with van der Waals surface area (Å²) in [5.74, 6) is 0.962. The zero-order valence-corrected chi connectivity index (χ0v) is 17.6. The molecule has 6 rings (SSSR count). The maximum atomic E-state index is 13.6. The van der Waals surface area contributed by atoms with Gasteiger partial charge in [-0.15, -0.1) is 0 Å². The van der Waals surface area contributed by atoms with Crippen molar-refractivity contribution in [1.29, 1.82) is 0 Å². The molecule has 0 bridgehead atoms. The van der Waals surface area contributed by atoms with Crippen LogP contribution in [0.15, 0.2) is 59.9 Å². The van der Waals surface area contributed by atoms with Crippen LogP contribution in [0.1, 0.15) is 36.3 Å². The predicted octanol–water partition coefficient (Wildman–Crippen LogP) is 3.27. The van der Waals surface area contributed by atoms with Crippen LogP contribution in [0.5, 0.6) is 0 Å². The highest BCUT2D eigenvalue weighted by atomic mass is 16.5. The number of aliphatic hydroxyl groups excluding tert-OH is 1. The summed E-state index contributed by atoms with van der Waals surface area (Å²) in [6, 6.07) is 10.1. The summed E-state index contributed by atoms with van der Waals surface area (Å²) < 4.78 is 9.14. The van der Waals surface area contributed by atoms with E-state index in [1.54, 1.807) is 10.9 Å². The Bertz CT molecular complexity index is 1400. The van der Waals surface area contributed by atoms with E-state index >= 15 is 0 Å². The lowest BCUT2D eigenvalue weighted by Gasteiger charge is -2.29. The van der Waals surface area contributed by atoms with Crippen molar-refractivity contribution in [3.8, 4) is 0 Å². The Morgan fingerprint density at radius 2 is 2.00 bits per heavy atom. The normalized spacial score (nSPS) is 23.0. The number of aromatic nitrogens is 4. The van der Waals surface area contributed by atoms with Gasteiger partial charge in [0.2, 0.25) is 0 Å². The Morgan fingerprint density at radius 3 is 2.88 bits per heavy atom. The van der Waals surface area contributed by atoms with E-state index in [4.69, 9.17) is 4.74 Å². The minimum absolute atomic E-state index is 0.111. The molecule has 0 aliphatic carbocycles. The van der Waals surface area contributed by atoms with Gasteiger partial charge in [-0.1, -0.05) is 30.3 Å². The van der Waals surface area contributed by atoms with Crippen molar-refractivity contribution in [2.45, 2.75) is 37.5 Å². The van der Waals surface area contributed by atoms with Crippen molar-refractivity contribution >= 4 is 27.8 Å². The molecule has 2 aromatic carbocycles. The number of imidazole rings is 1. The number of rotatable bonds is 3. The van der Waals surface area contributed by atoms with Gasteiger partial charge in [0.25, 0.3) is 5.56 Å². The molecule has 4 aromatic rings. The van der Waals surface area contributed by atoms with E-state index in [1.807, 2.05) is 36.7 Å². The van der Waals surface area contributed by atoms with Gasteiger partial charge in [-0.25, -0.2) is 9.97 Å². The molecule has 2 aliphatic heterocycles. The van der Waals surface area contributed by atoms with Crippen LogP contribution in [-0.4, -0.2) is 43.5 Å². The number of nitrogens with zero attached hydrogens (tertiary/aromatic N) is 4. The fourth-order valence-corrected chi connectivity index (χ4v) is 5.13. The second-order valence-corrected chi connectivity index (χ2v) is 8.62. The standard InChI is InChI=1S/C25H24N4O3/c30-22-14-32-11-8-21(22)29-15-27-24-19-6-2-1-5-18(19)16(13-20(24)25(29)31)12-17-4-3-7-23-26-9-10-28(17)23/h1-3,5-7,9-10,13,15,17,21-22,30H,4,8,11-12,14H2. The van der Waals surface area contributed by atoms with Gasteiger partial charge >= 0.3 is 0 Å². The number of benzene rings is 2. The minimum atomic E-state index is -0.714. The molecule has 0 saturated carbocycles. The van der Waals surface area contributed by atoms with E-state index in [2.05, 4.69) is 32.8 Å². The van der Waals surface area contributed by atoms with Crippen LogP contribution < -0.4 is 5.56 Å². The first-order valence-electron chi connectivity index (χ1n) is 11.1. The summed E-state index contributed by atoms with van der Waals surface area (Å²) in [6.07, 6.45) is 11.2. The Kier molecular flexibility index (Phi) is 4.66. The smallest absolute Gasteiger partial charge is 0.261 e. The zero-order chi connectivity index (χ0) is 21.7. The third-order valence-electron chi connectivity index (χ3n) is 6.75. The van der Waals surface area contributed by atoms with Gasteiger partial charge < -0.3 is 14.4 Å². The fourth-order valence-electron chi connectivity index (χ4n) is 5.13. The molecule has 2 aliphatic rings. The largest absolute Gasteiger partial charge is 0.389 e. The summed E-state index contributed by atoms with van der Waals surface area (Å²) in [6.45, 7) is 0.762. The lowest BCUT2D eigenvalue weighted by Crippen LogP contribution is -2.39. The van der Waals surface area contributed by atoms with Crippen molar-refractivity contribution < 1.29 is 9.84 Å². The molecule has 162 valence electrons. The third-order valence-corrected chi connectivity index (χ3v) is 6.75. The summed E-state index contributed by atoms with van der Waals surface area (Å²) in [4.78, 5) is 22.7. The molecule has 0 amide bonds. The van der Waals surface area contributed by atoms with Crippen molar-refractivity contribution in [1.82, 2.24) is 19.1 Å². The number of hydrogen-bond donors (Lipinski definition) is 1. The van der Waals surface area contributed by atoms with Gasteiger partial charge in [-0.3, -0.25) is 9.36 Å². The summed E-state index contributed by atoms with van der Waals surface area (Å²) in [5.41, 5.74) is 1.72. The average Bonchev–Trinajstić information content (AvgIpc) is 3.31. The van der Waals surface area contributed by atoms with Gasteiger partial charge in [0.05, 0.1) is 36.0 Å². The molecule has 32 heavy (non-hydrogen) atoms. The summed E-state index contributed by atoms with van der Waals surface area (Å²) >= 11 is 0. The molecule has 0 radical (unpaired) electrons. The van der Waals surface area contributed by atoms with Crippen LogP contribution in [0.3, 0.4) is 0 Å². The molecular formula is C25H24N4O3. The predicted molar refractivity (Wildman–Crippen MR) is 123 cm³/mol. The van der Waals surface area contributed by atoms with Gasteiger partial charge in [0.1, 0.15) is 5.82 Å². The van der Waals surface area contributed by atoms with E-state index < -0.39 is 6.10 Å². The zero-order valence-electron chi connectivity index (χ0n) is 17.6. The number of allylic oxidation sites excluding steroid dienone is 1. The van der Waals surface area contributed by atoms with Crippen LogP contribution in [0.2, 0.25) is 0 Å². The van der Waals surface area contributed by atoms with E-state index in [0.717, 1.165) is 35.0 Å². The van der Waals surface area contributed by atoms with Crippen LogP contribution in [0, 0.1) is 0 Å². The lowest BCUT2D eigenvalue weighted by atomic mass is 9.94. The van der Waals surface area contributed by atoms with Crippen molar-refractivity contribution in [3.05, 3.63) is 76.9 Å². The number of fused-ring (bicyclic) bond motifs is 4. The van der Waals surface area contributed by atoms with Gasteiger partial charge in [0, 0.05) is 30.4 Å². The van der Waals surface area contributed by atoms with Crippen LogP contribution in [-0.2, 0) is 11.2 Å². The molecule has 1 N–H and O–H groups in total. The van der Waals surface area contributed by atoms with Crippen LogP contribution in [0.25, 0.3) is 27.8 Å². The second kappa shape index (κ2) is 7.69. The second-order valence-electron chi connectivity index (χ2n) is 8.62. The number of hydrogen-bond acceptors (Lipinski definition) is 5. The Labute approximate surface area is 184 Å². The SMILES string of the molecule is O=c1c2cc(CC3CC=Cc4nccn43)c3ccccc3c2ncn1C1CCOCC1O. The van der Waals surface area contributed by atoms with Gasteiger partial charge in [-0.05, 0) is 42.4 Å². The van der Waals surface area contributed by atoms with Crippen molar-refractivity contribution in [2.75, 3.05) is 13.2 Å². The summed E-state index contributed by atoms with van der Waals surface area (Å²) in [5, 5.41) is 13.1. The number of ether oxygens (including phenoxy) is 1. The monoisotopic (exact) mass is 428 g/mol. The first kappa shape index (κ1) is 19.4. The van der Waals surface area contributed by atoms with Gasteiger partial charge in [-0.2, -0.15) is 0 Å². The molecule has 2 aromatic heterocycles. The summed E-state index contributed by atoms with van der Waals surface area (Å²) in [7, 11) is 0. The Hall–Kier alpha value is -3.29. The highest BCUT2D eigenvalue weighted by Gasteiger charge is 2.27. The highest BCUT2D eigenvalue weighted by Crippen LogP contribution is 2.32. The van der Waals surface area contributed by atoms with E-state index in [9.17, 15) is 9.90 Å². The molecule has 7 heteroatoms. The topological polar surface area (TPSA) is 82.2 Å². The van der Waals surface area contributed by atoms with Crippen LogP contribution in [0.4, 0.5) is 0 Å². The van der Waals surface area contributed by atoms with E-state index in [-0.39, 0.29) is 24.2 Å². The maximum absolute atomic E-state index is 13.6. The first-order valence-corrected chi connectivity index (χ1v) is 11.1. The molecule has 0 spiro atoms. The third kappa shape index (κ3) is 3.08. The number of aliphatic hydroxyl groups is 1. The van der Waals surface area contributed by atoms with E-state index in [1.165, 1.54) is 0 Å². The quantitative estimate of drug-likeness (QED) is 0.507. The lowest BCUT2D eigenvalue weighted by molar-refractivity contribution is -0.0395. The average molecular weight is 428 g/mol. The molecular weight excluding hydrogens is 404 g/mol. The molecule has 7 nitrogen and oxygen atoms in total. The molecule has 1 saturated heterocycles. The Balaban J connectivity index is 1.51. The molecule has 1 fully saturated rings. The molecule has 3 unspecified atom stereocenters. The maximum Gasteiger partial charge on any atom is 0.261 e. The van der Waals surface area contributed by atoms with Crippen molar-refractivity contribution in [3.63, 3.8) is 0 Å². The molecule has 3 atom stereocenters. The highest BCUT2D eigenvalue weighted by molar-refractivity contribution is 6.06.